The summed E-state index contributed by atoms with van der Waals surface area (Å²) in [4.78, 5) is 11.3. The topological polar surface area (TPSA) is 55.1 Å². The quantitative estimate of drug-likeness (QED) is 0.930. The van der Waals surface area contributed by atoms with Gasteiger partial charge in [-0.25, -0.2) is 0 Å². The first-order valence-electron chi connectivity index (χ1n) is 7.38. The lowest BCUT2D eigenvalue weighted by atomic mass is 9.91. The first kappa shape index (κ1) is 13.2. The lowest BCUT2D eigenvalue weighted by molar-refractivity contribution is -0.142. The Balaban J connectivity index is 1.93. The summed E-state index contributed by atoms with van der Waals surface area (Å²) in [6, 6.07) is 8.22. The zero-order chi connectivity index (χ0) is 14.1. The number of aliphatic carboxylic acids is 1. The molecule has 0 radical (unpaired) electrons. The summed E-state index contributed by atoms with van der Waals surface area (Å²) in [6.45, 7) is 2.92. The van der Waals surface area contributed by atoms with Crippen molar-refractivity contribution in [1.29, 1.82) is 0 Å². The Morgan fingerprint density at radius 3 is 2.95 bits per heavy atom. The maximum absolute atomic E-state index is 11.3. The van der Waals surface area contributed by atoms with E-state index >= 15 is 0 Å². The molecule has 1 aliphatic rings. The highest BCUT2D eigenvalue weighted by Gasteiger charge is 2.33. The van der Waals surface area contributed by atoms with Gasteiger partial charge in [0, 0.05) is 11.9 Å². The van der Waals surface area contributed by atoms with Crippen LogP contribution in [-0.4, -0.2) is 20.9 Å². The van der Waals surface area contributed by atoms with Crippen LogP contribution in [0.3, 0.4) is 0 Å². The molecule has 1 N–H and O–H groups in total. The van der Waals surface area contributed by atoms with Crippen LogP contribution in [0.1, 0.15) is 31.9 Å². The molecule has 0 spiro atoms. The number of benzene rings is 1. The minimum absolute atomic E-state index is 0.194. The normalized spacial score (nSPS) is 22.4. The molecule has 2 unspecified atom stereocenters. The van der Waals surface area contributed by atoms with Crippen LogP contribution in [0.15, 0.2) is 24.3 Å². The molecule has 0 amide bonds. The van der Waals surface area contributed by atoms with Crippen LogP contribution in [-0.2, 0) is 17.8 Å². The van der Waals surface area contributed by atoms with Crippen molar-refractivity contribution in [3.63, 3.8) is 0 Å². The molecule has 1 aliphatic carbocycles. The predicted molar refractivity (Wildman–Crippen MR) is 77.6 cm³/mol. The van der Waals surface area contributed by atoms with Gasteiger partial charge in [0.25, 0.3) is 0 Å². The number of hydrogen-bond donors (Lipinski definition) is 1. The fraction of sp³-hybridized carbons (Fsp3) is 0.500. The first-order valence-corrected chi connectivity index (χ1v) is 7.38. The minimum Gasteiger partial charge on any atom is -0.481 e. The summed E-state index contributed by atoms with van der Waals surface area (Å²) in [7, 11) is 0. The molecule has 1 heterocycles. The van der Waals surface area contributed by atoms with Crippen molar-refractivity contribution in [2.45, 2.75) is 39.2 Å². The van der Waals surface area contributed by atoms with Crippen LogP contribution >= 0.6 is 0 Å². The number of fused-ring (bicyclic) bond motifs is 1. The van der Waals surface area contributed by atoms with E-state index < -0.39 is 5.97 Å². The Labute approximate surface area is 118 Å². The smallest absolute Gasteiger partial charge is 0.306 e. The summed E-state index contributed by atoms with van der Waals surface area (Å²) >= 11 is 0. The lowest BCUT2D eigenvalue weighted by Gasteiger charge is -2.14. The maximum atomic E-state index is 11.3. The summed E-state index contributed by atoms with van der Waals surface area (Å²) in [5, 5.41) is 15.2. The third-order valence-corrected chi connectivity index (χ3v) is 4.47. The van der Waals surface area contributed by atoms with E-state index in [1.54, 1.807) is 0 Å². The number of aromatic nitrogens is 2. The van der Waals surface area contributed by atoms with Crippen LogP contribution in [0, 0.1) is 11.8 Å². The first-order chi connectivity index (χ1) is 9.70. The van der Waals surface area contributed by atoms with Crippen molar-refractivity contribution >= 4 is 16.9 Å². The van der Waals surface area contributed by atoms with E-state index in [9.17, 15) is 9.90 Å². The van der Waals surface area contributed by atoms with Crippen molar-refractivity contribution in [2.24, 2.45) is 11.8 Å². The Hall–Kier alpha value is -1.84. The summed E-state index contributed by atoms with van der Waals surface area (Å²) < 4.78 is 2.01. The highest BCUT2D eigenvalue weighted by molar-refractivity contribution is 5.82. The molecule has 0 aliphatic heterocycles. The molecular formula is C16H20N2O2. The highest BCUT2D eigenvalue weighted by atomic mass is 16.4. The second kappa shape index (κ2) is 5.27. The average Bonchev–Trinajstić information content (AvgIpc) is 3.04. The number of nitrogens with zero attached hydrogens (tertiary/aromatic N) is 2. The van der Waals surface area contributed by atoms with Gasteiger partial charge in [-0.05, 0) is 38.2 Å². The molecule has 1 fully saturated rings. The molecule has 4 heteroatoms. The molecule has 1 saturated carbocycles. The van der Waals surface area contributed by atoms with Crippen molar-refractivity contribution in [2.75, 3.05) is 0 Å². The second-order valence-corrected chi connectivity index (χ2v) is 5.62. The molecule has 2 atom stereocenters. The van der Waals surface area contributed by atoms with Crippen LogP contribution < -0.4 is 0 Å². The third-order valence-electron chi connectivity index (χ3n) is 4.47. The Bertz CT molecular complexity index is 632. The molecule has 0 bridgehead atoms. The number of carboxylic acid groups (broad SMARTS) is 1. The lowest BCUT2D eigenvalue weighted by Crippen LogP contribution is -2.20. The largest absolute Gasteiger partial charge is 0.481 e. The van der Waals surface area contributed by atoms with Crippen LogP contribution in [0.5, 0.6) is 0 Å². The molecular weight excluding hydrogens is 252 g/mol. The van der Waals surface area contributed by atoms with Gasteiger partial charge < -0.3 is 5.11 Å². The summed E-state index contributed by atoms with van der Waals surface area (Å²) in [6.07, 6.45) is 3.62. The summed E-state index contributed by atoms with van der Waals surface area (Å²) in [5.74, 6) is -0.608. The SMILES string of the molecule is CCn1nc(CC2CCCC2C(=O)O)c2ccccc21. The molecule has 4 nitrogen and oxygen atoms in total. The van der Waals surface area contributed by atoms with E-state index in [4.69, 9.17) is 0 Å². The van der Waals surface area contributed by atoms with Gasteiger partial charge >= 0.3 is 5.97 Å². The van der Waals surface area contributed by atoms with E-state index in [1.165, 1.54) is 5.39 Å². The Morgan fingerprint density at radius 2 is 2.20 bits per heavy atom. The highest BCUT2D eigenvalue weighted by Crippen LogP contribution is 2.35. The van der Waals surface area contributed by atoms with Crippen molar-refractivity contribution in [3.05, 3.63) is 30.0 Å². The third kappa shape index (κ3) is 2.19. The Kier molecular flexibility index (Phi) is 3.47. The standard InChI is InChI=1S/C16H20N2O2/c1-2-18-15-9-4-3-7-13(15)14(17-18)10-11-6-5-8-12(11)16(19)20/h3-4,7,9,11-12H,2,5-6,8,10H2,1H3,(H,19,20). The molecule has 1 aromatic carbocycles. The molecule has 1 aromatic heterocycles. The fourth-order valence-electron chi connectivity index (χ4n) is 3.44. The van der Waals surface area contributed by atoms with E-state index in [0.717, 1.165) is 43.4 Å². The number of carboxylic acids is 1. The van der Waals surface area contributed by atoms with E-state index in [1.807, 2.05) is 16.8 Å². The number of para-hydroxylation sites is 1. The number of rotatable bonds is 4. The number of hydrogen-bond acceptors (Lipinski definition) is 2. The van der Waals surface area contributed by atoms with Gasteiger partial charge in [0.05, 0.1) is 17.1 Å². The average molecular weight is 272 g/mol. The van der Waals surface area contributed by atoms with Crippen molar-refractivity contribution in [3.8, 4) is 0 Å². The van der Waals surface area contributed by atoms with Crippen LogP contribution in [0.4, 0.5) is 0 Å². The minimum atomic E-state index is -0.647. The predicted octanol–water partition coefficient (Wildman–Crippen LogP) is 3.10. The van der Waals surface area contributed by atoms with Crippen LogP contribution in [0.25, 0.3) is 10.9 Å². The molecule has 0 saturated heterocycles. The zero-order valence-corrected chi connectivity index (χ0v) is 11.7. The Morgan fingerprint density at radius 1 is 1.40 bits per heavy atom. The van der Waals surface area contributed by atoms with Gasteiger partial charge in [-0.2, -0.15) is 5.10 Å². The van der Waals surface area contributed by atoms with Crippen LogP contribution in [0.2, 0.25) is 0 Å². The zero-order valence-electron chi connectivity index (χ0n) is 11.7. The van der Waals surface area contributed by atoms with Crippen molar-refractivity contribution in [1.82, 2.24) is 9.78 Å². The van der Waals surface area contributed by atoms with Gasteiger partial charge in [-0.15, -0.1) is 0 Å². The molecule has 20 heavy (non-hydrogen) atoms. The van der Waals surface area contributed by atoms with E-state index in [0.29, 0.717) is 0 Å². The monoisotopic (exact) mass is 272 g/mol. The molecule has 106 valence electrons. The van der Waals surface area contributed by atoms with Gasteiger partial charge in [-0.1, -0.05) is 24.6 Å². The maximum Gasteiger partial charge on any atom is 0.306 e. The number of aryl methyl sites for hydroxylation is 1. The van der Waals surface area contributed by atoms with E-state index in [2.05, 4.69) is 24.2 Å². The van der Waals surface area contributed by atoms with Crippen molar-refractivity contribution < 1.29 is 9.90 Å². The molecule has 3 rings (SSSR count). The van der Waals surface area contributed by atoms with E-state index in [-0.39, 0.29) is 11.8 Å². The number of carbonyl (C=O) groups is 1. The van der Waals surface area contributed by atoms with Gasteiger partial charge in [0.15, 0.2) is 0 Å². The van der Waals surface area contributed by atoms with Gasteiger partial charge in [0.1, 0.15) is 0 Å². The fourth-order valence-corrected chi connectivity index (χ4v) is 3.44. The summed E-state index contributed by atoms with van der Waals surface area (Å²) in [5.41, 5.74) is 2.20. The molecule has 2 aromatic rings. The van der Waals surface area contributed by atoms with Gasteiger partial charge in [0.2, 0.25) is 0 Å². The van der Waals surface area contributed by atoms with Gasteiger partial charge in [-0.3, -0.25) is 9.48 Å². The second-order valence-electron chi connectivity index (χ2n) is 5.62.